The summed E-state index contributed by atoms with van der Waals surface area (Å²) in [5.74, 6) is 3.44. The van der Waals surface area contributed by atoms with Gasteiger partial charge in [0.25, 0.3) is 0 Å². The summed E-state index contributed by atoms with van der Waals surface area (Å²) in [5.41, 5.74) is 6.09. The summed E-state index contributed by atoms with van der Waals surface area (Å²) in [6.45, 7) is 4.15. The van der Waals surface area contributed by atoms with Crippen molar-refractivity contribution < 1.29 is 9.47 Å². The second-order valence-corrected chi connectivity index (χ2v) is 8.81. The molecule has 0 aromatic heterocycles. The molecular weight excluding hydrogens is 428 g/mol. The Labute approximate surface area is 207 Å². The molecule has 0 N–H and O–H groups in total. The molecule has 5 rings (SSSR count). The van der Waals surface area contributed by atoms with Crippen molar-refractivity contribution >= 4 is 0 Å². The first-order chi connectivity index (χ1) is 17.1. The topological polar surface area (TPSA) is 18.5 Å². The Hall–Kier alpha value is -4.30. The minimum absolute atomic E-state index is 0.109. The van der Waals surface area contributed by atoms with Crippen LogP contribution in [0.5, 0.6) is 23.0 Å². The molecule has 5 aromatic carbocycles. The van der Waals surface area contributed by atoms with E-state index in [9.17, 15) is 0 Å². The van der Waals surface area contributed by atoms with E-state index in [1.165, 1.54) is 27.8 Å². The molecule has 0 radical (unpaired) electrons. The smallest absolute Gasteiger partial charge is 0.127 e. The Morgan fingerprint density at radius 1 is 0.371 bits per heavy atom. The molecule has 2 nitrogen and oxygen atoms in total. The lowest BCUT2D eigenvalue weighted by atomic mass is 9.85. The number of hydrogen-bond acceptors (Lipinski definition) is 2. The average Bonchev–Trinajstić information content (AvgIpc) is 2.90. The predicted octanol–water partition coefficient (Wildman–Crippen LogP) is 9.07. The second kappa shape index (κ2) is 10.3. The molecule has 0 heterocycles. The van der Waals surface area contributed by atoms with E-state index < -0.39 is 0 Å². The van der Waals surface area contributed by atoms with Crippen LogP contribution in [0.3, 0.4) is 0 Å². The maximum absolute atomic E-state index is 6.04. The molecule has 5 aromatic rings. The van der Waals surface area contributed by atoms with Crippen LogP contribution in [0.15, 0.2) is 127 Å². The molecule has 0 fully saturated rings. The molecule has 172 valence electrons. The molecule has 0 aliphatic carbocycles. The lowest BCUT2D eigenvalue weighted by molar-refractivity contribution is 0.482. The molecule has 0 amide bonds. The highest BCUT2D eigenvalue weighted by molar-refractivity contribution is 5.46. The van der Waals surface area contributed by atoms with E-state index >= 15 is 0 Å². The van der Waals surface area contributed by atoms with Crippen molar-refractivity contribution in [2.45, 2.75) is 19.8 Å². The van der Waals surface area contributed by atoms with Gasteiger partial charge in [-0.25, -0.2) is 0 Å². The largest absolute Gasteiger partial charge is 0.457 e. The monoisotopic (exact) mass is 456 g/mol. The average molecular weight is 457 g/mol. The highest BCUT2D eigenvalue weighted by Crippen LogP contribution is 2.35. The zero-order chi connectivity index (χ0) is 24.0. The van der Waals surface area contributed by atoms with Crippen LogP contribution in [-0.4, -0.2) is 0 Å². The number of aryl methyl sites for hydroxylation is 2. The summed E-state index contributed by atoms with van der Waals surface area (Å²) >= 11 is 0. The van der Waals surface area contributed by atoms with Crippen molar-refractivity contribution in [3.63, 3.8) is 0 Å². The van der Waals surface area contributed by atoms with Crippen LogP contribution in [0.25, 0.3) is 0 Å². The van der Waals surface area contributed by atoms with E-state index in [4.69, 9.17) is 9.47 Å². The first kappa shape index (κ1) is 22.5. The van der Waals surface area contributed by atoms with Crippen molar-refractivity contribution in [2.75, 3.05) is 0 Å². The van der Waals surface area contributed by atoms with Gasteiger partial charge in [-0.05, 0) is 79.1 Å². The lowest BCUT2D eigenvalue weighted by Crippen LogP contribution is -2.03. The summed E-state index contributed by atoms with van der Waals surface area (Å²) in [6.07, 6.45) is 0. The maximum Gasteiger partial charge on any atom is 0.127 e. The van der Waals surface area contributed by atoms with Crippen LogP contribution in [0.4, 0.5) is 0 Å². The van der Waals surface area contributed by atoms with Crippen LogP contribution in [-0.2, 0) is 0 Å². The van der Waals surface area contributed by atoms with Crippen LogP contribution in [0.1, 0.15) is 33.7 Å². The summed E-state index contributed by atoms with van der Waals surface area (Å²) in [7, 11) is 0. The minimum Gasteiger partial charge on any atom is -0.457 e. The fraction of sp³-hybridized carbons (Fsp3) is 0.0909. The molecule has 0 spiro atoms. The van der Waals surface area contributed by atoms with Crippen molar-refractivity contribution in [2.24, 2.45) is 0 Å². The quantitative estimate of drug-likeness (QED) is 0.227. The molecule has 2 heteroatoms. The molecule has 0 atom stereocenters. The summed E-state index contributed by atoms with van der Waals surface area (Å²) in [6, 6.07) is 43.6. The van der Waals surface area contributed by atoms with Gasteiger partial charge in [0, 0.05) is 5.92 Å². The fourth-order valence-electron chi connectivity index (χ4n) is 4.16. The van der Waals surface area contributed by atoms with E-state index in [1.54, 1.807) is 0 Å². The van der Waals surface area contributed by atoms with Crippen molar-refractivity contribution in [1.82, 2.24) is 0 Å². The Kier molecular flexibility index (Phi) is 6.63. The zero-order valence-electron chi connectivity index (χ0n) is 20.0. The van der Waals surface area contributed by atoms with Crippen molar-refractivity contribution in [3.05, 3.63) is 155 Å². The van der Waals surface area contributed by atoms with Gasteiger partial charge in [-0.15, -0.1) is 0 Å². The normalized spacial score (nSPS) is 10.8. The van der Waals surface area contributed by atoms with E-state index in [0.717, 1.165) is 23.0 Å². The third-order valence-electron chi connectivity index (χ3n) is 6.07. The first-order valence-electron chi connectivity index (χ1n) is 11.9. The van der Waals surface area contributed by atoms with Gasteiger partial charge in [-0.1, -0.05) is 90.0 Å². The molecule has 0 bridgehead atoms. The molecule has 0 unspecified atom stereocenters. The van der Waals surface area contributed by atoms with Crippen LogP contribution in [0.2, 0.25) is 0 Å². The highest BCUT2D eigenvalue weighted by atomic mass is 16.5. The predicted molar refractivity (Wildman–Crippen MR) is 143 cm³/mol. The van der Waals surface area contributed by atoms with Gasteiger partial charge >= 0.3 is 0 Å². The Morgan fingerprint density at radius 3 is 1.06 bits per heavy atom. The number of hydrogen-bond donors (Lipinski definition) is 0. The molecule has 0 saturated heterocycles. The molecule has 0 saturated carbocycles. The standard InChI is InChI=1S/C33H28O2/c1-24-8-16-29(17-9-24)34-31-20-12-27(13-21-31)33(26-6-4-3-5-7-26)28-14-22-32(23-15-28)35-30-18-10-25(2)11-19-30/h3-23,33H,1-2H3. The molecule has 0 aliphatic rings. The second-order valence-electron chi connectivity index (χ2n) is 8.81. The maximum atomic E-state index is 6.04. The van der Waals surface area contributed by atoms with Gasteiger partial charge in [0.2, 0.25) is 0 Å². The summed E-state index contributed by atoms with van der Waals surface area (Å²) < 4.78 is 12.1. The Bertz CT molecular complexity index is 1260. The van der Waals surface area contributed by atoms with Crippen molar-refractivity contribution in [1.29, 1.82) is 0 Å². The fourth-order valence-corrected chi connectivity index (χ4v) is 4.16. The summed E-state index contributed by atoms with van der Waals surface area (Å²) in [4.78, 5) is 0. The SMILES string of the molecule is Cc1ccc(Oc2ccc(C(c3ccccc3)c3ccc(Oc4ccc(C)cc4)cc3)cc2)cc1. The summed E-state index contributed by atoms with van der Waals surface area (Å²) in [5, 5.41) is 0. The van der Waals surface area contributed by atoms with E-state index in [-0.39, 0.29) is 5.92 Å². The van der Waals surface area contributed by atoms with Crippen LogP contribution >= 0.6 is 0 Å². The van der Waals surface area contributed by atoms with Gasteiger partial charge in [0.1, 0.15) is 23.0 Å². The lowest BCUT2D eigenvalue weighted by Gasteiger charge is -2.20. The van der Waals surface area contributed by atoms with E-state index in [0.29, 0.717) is 0 Å². The first-order valence-corrected chi connectivity index (χ1v) is 11.9. The zero-order valence-corrected chi connectivity index (χ0v) is 20.0. The van der Waals surface area contributed by atoms with Gasteiger partial charge in [0.05, 0.1) is 0 Å². The number of ether oxygens (including phenoxy) is 2. The highest BCUT2D eigenvalue weighted by Gasteiger charge is 2.17. The van der Waals surface area contributed by atoms with Gasteiger partial charge in [-0.3, -0.25) is 0 Å². The van der Waals surface area contributed by atoms with Gasteiger partial charge in [-0.2, -0.15) is 0 Å². The number of benzene rings is 5. The minimum atomic E-state index is 0.109. The van der Waals surface area contributed by atoms with Gasteiger partial charge < -0.3 is 9.47 Å². The van der Waals surface area contributed by atoms with E-state index in [2.05, 4.69) is 92.7 Å². The van der Waals surface area contributed by atoms with Crippen LogP contribution < -0.4 is 9.47 Å². The number of rotatable bonds is 7. The third kappa shape index (κ3) is 5.62. The van der Waals surface area contributed by atoms with Crippen molar-refractivity contribution in [3.8, 4) is 23.0 Å². The third-order valence-corrected chi connectivity index (χ3v) is 6.07. The molecule has 35 heavy (non-hydrogen) atoms. The molecular formula is C33H28O2. The molecule has 0 aliphatic heterocycles. The Balaban J connectivity index is 1.40. The van der Waals surface area contributed by atoms with Gasteiger partial charge in [0.15, 0.2) is 0 Å². The van der Waals surface area contributed by atoms with Crippen LogP contribution in [0, 0.1) is 13.8 Å². The van der Waals surface area contributed by atoms with E-state index in [1.807, 2.05) is 48.5 Å². The Morgan fingerprint density at radius 2 is 0.686 bits per heavy atom.